The minimum Gasteiger partial charge on any atom is -0.486 e. The van der Waals surface area contributed by atoms with Crippen LogP contribution in [0.25, 0.3) is 0 Å². The summed E-state index contributed by atoms with van der Waals surface area (Å²) >= 11 is 3.25. The van der Waals surface area contributed by atoms with E-state index in [9.17, 15) is 15.4 Å². The normalized spacial score (nSPS) is 13.2. The maximum absolute atomic E-state index is 11.0. The summed E-state index contributed by atoms with van der Waals surface area (Å²) < 4.78 is 6.08. The summed E-state index contributed by atoms with van der Waals surface area (Å²) in [5.74, 6) is 0.228. The van der Waals surface area contributed by atoms with Crippen LogP contribution in [0.5, 0.6) is 5.75 Å². The first kappa shape index (κ1) is 17.4. The molecular formula is C14H18BrN3O3. The Bertz CT molecular complexity index is 539. The number of ether oxygens (including phenoxy) is 1. The van der Waals surface area contributed by atoms with Crippen molar-refractivity contribution >= 4 is 21.6 Å². The highest BCUT2D eigenvalue weighted by atomic mass is 79.9. The van der Waals surface area contributed by atoms with Gasteiger partial charge in [-0.3, -0.25) is 10.1 Å². The lowest BCUT2D eigenvalue weighted by molar-refractivity contribution is -0.386. The largest absolute Gasteiger partial charge is 0.486 e. The highest BCUT2D eigenvalue weighted by Gasteiger charge is 2.25. The maximum atomic E-state index is 11.0. The predicted molar refractivity (Wildman–Crippen MR) is 83.2 cm³/mol. The SMILES string of the molecule is CCC(C#N)(CCCOc1c(Br)cccc1[N+](=O)[O-])NC. The lowest BCUT2D eigenvalue weighted by Gasteiger charge is -2.24. The molecule has 0 fully saturated rings. The number of hydrogen-bond donors (Lipinski definition) is 1. The van der Waals surface area contributed by atoms with E-state index in [2.05, 4.69) is 27.3 Å². The van der Waals surface area contributed by atoms with Gasteiger partial charge in [-0.1, -0.05) is 13.0 Å². The van der Waals surface area contributed by atoms with Gasteiger partial charge in [0, 0.05) is 6.07 Å². The van der Waals surface area contributed by atoms with Gasteiger partial charge in [0.1, 0.15) is 5.54 Å². The van der Waals surface area contributed by atoms with E-state index in [0.29, 0.717) is 30.3 Å². The fraction of sp³-hybridized carbons (Fsp3) is 0.500. The maximum Gasteiger partial charge on any atom is 0.312 e. The zero-order valence-electron chi connectivity index (χ0n) is 12.1. The van der Waals surface area contributed by atoms with Crippen molar-refractivity contribution in [2.24, 2.45) is 0 Å². The van der Waals surface area contributed by atoms with Crippen LogP contribution in [-0.2, 0) is 0 Å². The number of nitro benzene ring substituents is 1. The Kier molecular flexibility index (Phi) is 6.59. The van der Waals surface area contributed by atoms with Gasteiger partial charge in [-0.2, -0.15) is 5.26 Å². The average Bonchev–Trinajstić information content (AvgIpc) is 2.49. The molecule has 0 aliphatic heterocycles. The van der Waals surface area contributed by atoms with Crippen molar-refractivity contribution in [1.82, 2.24) is 5.32 Å². The summed E-state index contributed by atoms with van der Waals surface area (Å²) in [6.45, 7) is 2.26. The second-order valence-corrected chi connectivity index (χ2v) is 5.45. The number of benzene rings is 1. The molecule has 0 radical (unpaired) electrons. The lowest BCUT2D eigenvalue weighted by Crippen LogP contribution is -2.41. The van der Waals surface area contributed by atoms with Crippen LogP contribution in [0.4, 0.5) is 5.69 Å². The molecule has 6 nitrogen and oxygen atoms in total. The molecule has 7 heteroatoms. The van der Waals surface area contributed by atoms with Gasteiger partial charge in [-0.25, -0.2) is 0 Å². The van der Waals surface area contributed by atoms with Gasteiger partial charge in [0.15, 0.2) is 0 Å². The number of nitro groups is 1. The first-order valence-electron chi connectivity index (χ1n) is 6.65. The van der Waals surface area contributed by atoms with E-state index in [4.69, 9.17) is 4.74 Å². The van der Waals surface area contributed by atoms with Crippen LogP contribution in [0.2, 0.25) is 0 Å². The zero-order chi connectivity index (χ0) is 15.9. The fourth-order valence-corrected chi connectivity index (χ4v) is 2.47. The minimum absolute atomic E-state index is 0.0694. The molecule has 1 aromatic carbocycles. The molecule has 114 valence electrons. The van der Waals surface area contributed by atoms with Crippen molar-refractivity contribution in [3.8, 4) is 11.8 Å². The third-order valence-corrected chi connectivity index (χ3v) is 4.06. The molecular weight excluding hydrogens is 338 g/mol. The van der Waals surface area contributed by atoms with E-state index < -0.39 is 10.5 Å². The van der Waals surface area contributed by atoms with Crippen molar-refractivity contribution in [3.63, 3.8) is 0 Å². The molecule has 1 atom stereocenters. The monoisotopic (exact) mass is 355 g/mol. The van der Waals surface area contributed by atoms with Gasteiger partial charge in [0.25, 0.3) is 0 Å². The van der Waals surface area contributed by atoms with Gasteiger partial charge in [0.05, 0.1) is 22.1 Å². The number of nitriles is 1. The number of nitrogens with zero attached hydrogens (tertiary/aromatic N) is 2. The Morgan fingerprint density at radius 1 is 1.57 bits per heavy atom. The first-order chi connectivity index (χ1) is 9.99. The van der Waals surface area contributed by atoms with Crippen molar-refractivity contribution in [3.05, 3.63) is 32.8 Å². The van der Waals surface area contributed by atoms with Crippen LogP contribution in [-0.4, -0.2) is 24.1 Å². The molecule has 1 aromatic rings. The number of nitrogens with one attached hydrogen (secondary N) is 1. The van der Waals surface area contributed by atoms with Crippen molar-refractivity contribution in [1.29, 1.82) is 5.26 Å². The third-order valence-electron chi connectivity index (χ3n) is 3.43. The van der Waals surface area contributed by atoms with Crippen LogP contribution in [0.3, 0.4) is 0 Å². The van der Waals surface area contributed by atoms with Crippen molar-refractivity contribution < 1.29 is 9.66 Å². The fourth-order valence-electron chi connectivity index (χ4n) is 2.00. The Labute approximate surface area is 132 Å². The Morgan fingerprint density at radius 3 is 2.81 bits per heavy atom. The van der Waals surface area contributed by atoms with E-state index in [1.165, 1.54) is 6.07 Å². The quantitative estimate of drug-likeness (QED) is 0.438. The molecule has 0 heterocycles. The van der Waals surface area contributed by atoms with Crippen LogP contribution < -0.4 is 10.1 Å². The highest BCUT2D eigenvalue weighted by molar-refractivity contribution is 9.10. The second kappa shape index (κ2) is 7.96. The van der Waals surface area contributed by atoms with Crippen molar-refractivity contribution in [2.75, 3.05) is 13.7 Å². The van der Waals surface area contributed by atoms with Gasteiger partial charge in [-0.05, 0) is 48.3 Å². The number of hydrogen-bond acceptors (Lipinski definition) is 5. The predicted octanol–water partition coefficient (Wildman–Crippen LogP) is 3.41. The van der Waals surface area contributed by atoms with Gasteiger partial charge < -0.3 is 10.1 Å². The Morgan fingerprint density at radius 2 is 2.29 bits per heavy atom. The smallest absolute Gasteiger partial charge is 0.312 e. The van der Waals surface area contributed by atoms with E-state index in [1.807, 2.05) is 6.92 Å². The zero-order valence-corrected chi connectivity index (χ0v) is 13.6. The summed E-state index contributed by atoms with van der Waals surface area (Å²) in [5, 5.41) is 23.2. The Hall–Kier alpha value is -1.65. The summed E-state index contributed by atoms with van der Waals surface area (Å²) in [4.78, 5) is 10.5. The molecule has 1 N–H and O–H groups in total. The number of rotatable bonds is 8. The average molecular weight is 356 g/mol. The van der Waals surface area contributed by atoms with Crippen LogP contribution >= 0.6 is 15.9 Å². The lowest BCUT2D eigenvalue weighted by atomic mass is 9.92. The summed E-state index contributed by atoms with van der Waals surface area (Å²) in [6.07, 6.45) is 1.94. The molecule has 0 aromatic heterocycles. The van der Waals surface area contributed by atoms with E-state index >= 15 is 0 Å². The molecule has 21 heavy (non-hydrogen) atoms. The van der Waals surface area contributed by atoms with E-state index in [0.717, 1.165) is 0 Å². The van der Waals surface area contributed by atoms with Gasteiger partial charge in [0.2, 0.25) is 5.75 Å². The van der Waals surface area contributed by atoms with Crippen molar-refractivity contribution in [2.45, 2.75) is 31.7 Å². The third kappa shape index (κ3) is 4.41. The molecule has 0 aliphatic rings. The molecule has 0 spiro atoms. The standard InChI is InChI=1S/C14H18BrN3O3/c1-3-14(10-16,17-2)8-5-9-21-13-11(15)6-4-7-12(13)18(19)20/h4,6-7,17H,3,5,8-9H2,1-2H3. The summed E-state index contributed by atoms with van der Waals surface area (Å²) in [6, 6.07) is 6.96. The summed E-state index contributed by atoms with van der Waals surface area (Å²) in [5.41, 5.74) is -0.636. The Balaban J connectivity index is 2.66. The molecule has 0 saturated heterocycles. The minimum atomic E-state index is -0.566. The number of para-hydroxylation sites is 1. The van der Waals surface area contributed by atoms with Crippen LogP contribution in [0.15, 0.2) is 22.7 Å². The molecule has 0 amide bonds. The van der Waals surface area contributed by atoms with E-state index in [-0.39, 0.29) is 11.4 Å². The van der Waals surface area contributed by atoms with Crippen LogP contribution in [0.1, 0.15) is 26.2 Å². The molecule has 1 unspecified atom stereocenters. The molecule has 0 bridgehead atoms. The first-order valence-corrected chi connectivity index (χ1v) is 7.45. The van der Waals surface area contributed by atoms with Gasteiger partial charge in [-0.15, -0.1) is 0 Å². The summed E-state index contributed by atoms with van der Waals surface area (Å²) in [7, 11) is 1.76. The molecule has 1 rings (SSSR count). The van der Waals surface area contributed by atoms with Gasteiger partial charge >= 0.3 is 5.69 Å². The second-order valence-electron chi connectivity index (χ2n) is 4.59. The van der Waals surface area contributed by atoms with Crippen LogP contribution in [0, 0.1) is 21.4 Å². The highest BCUT2D eigenvalue weighted by Crippen LogP contribution is 2.34. The molecule has 0 aliphatic carbocycles. The number of halogens is 1. The molecule has 0 saturated carbocycles. The van der Waals surface area contributed by atoms with E-state index in [1.54, 1.807) is 19.2 Å². The topological polar surface area (TPSA) is 88.2 Å².